The molecule has 3 aromatic heterocycles. The van der Waals surface area contributed by atoms with Crippen LogP contribution in [0, 0.1) is 0 Å². The number of ether oxygens (including phenoxy) is 1. The molecule has 3 N–H and O–H groups in total. The number of nitrogens with two attached hydrogens (primary N) is 1. The zero-order valence-electron chi connectivity index (χ0n) is 19.6. The normalized spacial score (nSPS) is 11.2. The van der Waals surface area contributed by atoms with E-state index in [0.29, 0.717) is 53.3 Å². The van der Waals surface area contributed by atoms with Crippen LogP contribution in [0.15, 0.2) is 42.7 Å². The maximum Gasteiger partial charge on any atom is 0.248 e. The van der Waals surface area contributed by atoms with Crippen LogP contribution in [0.5, 0.6) is 5.75 Å². The average Bonchev–Trinajstić information content (AvgIpc) is 3.27. The molecule has 0 unspecified atom stereocenters. The van der Waals surface area contributed by atoms with E-state index in [9.17, 15) is 4.79 Å². The number of amides is 1. The molecule has 0 fully saturated rings. The van der Waals surface area contributed by atoms with Gasteiger partial charge in [-0.15, -0.1) is 10.2 Å². The van der Waals surface area contributed by atoms with Crippen molar-refractivity contribution < 1.29 is 9.53 Å². The van der Waals surface area contributed by atoms with Crippen molar-refractivity contribution >= 4 is 28.6 Å². The highest BCUT2D eigenvalue weighted by Crippen LogP contribution is 2.30. The minimum absolute atomic E-state index is 0.317. The molecule has 34 heavy (non-hydrogen) atoms. The van der Waals surface area contributed by atoms with E-state index < -0.39 is 5.91 Å². The molecule has 0 aliphatic heterocycles. The Bertz CT molecular complexity index is 1320. The summed E-state index contributed by atoms with van der Waals surface area (Å²) in [6.45, 7) is 5.43. The topological polar surface area (TPSA) is 137 Å². The second-order valence-electron chi connectivity index (χ2n) is 8.09. The van der Waals surface area contributed by atoms with Gasteiger partial charge in [0.05, 0.1) is 18.9 Å². The average molecular weight is 462 g/mol. The first-order valence-corrected chi connectivity index (χ1v) is 10.8. The maximum atomic E-state index is 11.9. The first-order valence-electron chi connectivity index (χ1n) is 10.8. The number of primary amides is 1. The lowest BCUT2D eigenvalue weighted by Crippen LogP contribution is -2.33. The molecule has 0 spiro atoms. The summed E-state index contributed by atoms with van der Waals surface area (Å²) in [5.41, 5.74) is 8.40. The molecule has 0 saturated heterocycles. The van der Waals surface area contributed by atoms with Crippen molar-refractivity contribution in [3.63, 3.8) is 0 Å². The van der Waals surface area contributed by atoms with Gasteiger partial charge >= 0.3 is 0 Å². The summed E-state index contributed by atoms with van der Waals surface area (Å²) < 4.78 is 7.08. The van der Waals surface area contributed by atoms with E-state index in [1.807, 2.05) is 36.3 Å². The predicted octanol–water partition coefficient (Wildman–Crippen LogP) is 2.06. The van der Waals surface area contributed by atoms with Crippen LogP contribution >= 0.6 is 0 Å². The van der Waals surface area contributed by atoms with Gasteiger partial charge in [0.15, 0.2) is 11.5 Å². The van der Waals surface area contributed by atoms with Crippen molar-refractivity contribution in [3.05, 3.63) is 48.3 Å². The Morgan fingerprint density at radius 2 is 2.03 bits per heavy atom. The number of rotatable bonds is 9. The second-order valence-corrected chi connectivity index (χ2v) is 8.09. The Morgan fingerprint density at radius 1 is 1.21 bits per heavy atom. The number of aryl methyl sites for hydroxylation is 1. The Morgan fingerprint density at radius 3 is 2.71 bits per heavy atom. The van der Waals surface area contributed by atoms with E-state index in [0.717, 1.165) is 11.3 Å². The van der Waals surface area contributed by atoms with Crippen molar-refractivity contribution in [2.75, 3.05) is 25.1 Å². The van der Waals surface area contributed by atoms with E-state index in [4.69, 9.17) is 15.5 Å². The monoisotopic (exact) mass is 461 g/mol. The van der Waals surface area contributed by atoms with E-state index >= 15 is 0 Å². The molecular formula is C23H27N9O2. The van der Waals surface area contributed by atoms with Gasteiger partial charge in [-0.3, -0.25) is 9.48 Å². The molecule has 11 nitrogen and oxygen atoms in total. The number of pyridine rings is 1. The number of nitrogens with one attached hydrogen (secondary N) is 1. The standard InChI is InChI=1S/C23H27N9O2/c1-14(2)25-7-8-32(17-9-15(21(24)33)10-18(11-17)34-4)20-6-5-19-23(27-20)28-22(30-29-19)16-12-26-31(3)13-16/h5-6,9-14,25H,7-8H2,1-4H3,(H2,24,33). The molecule has 1 aromatic carbocycles. The molecule has 0 aliphatic carbocycles. The molecule has 176 valence electrons. The summed E-state index contributed by atoms with van der Waals surface area (Å²) in [5, 5.41) is 16.0. The number of benzene rings is 1. The van der Waals surface area contributed by atoms with Gasteiger partial charge in [-0.2, -0.15) is 5.10 Å². The Balaban J connectivity index is 1.78. The second kappa shape index (κ2) is 9.79. The van der Waals surface area contributed by atoms with E-state index in [1.165, 1.54) is 0 Å². The predicted molar refractivity (Wildman–Crippen MR) is 129 cm³/mol. The van der Waals surface area contributed by atoms with Crippen LogP contribution in [0.25, 0.3) is 22.6 Å². The van der Waals surface area contributed by atoms with Crippen LogP contribution in [-0.4, -0.2) is 62.1 Å². The lowest BCUT2D eigenvalue weighted by Gasteiger charge is -2.25. The summed E-state index contributed by atoms with van der Waals surface area (Å²) in [4.78, 5) is 23.3. The maximum absolute atomic E-state index is 11.9. The smallest absolute Gasteiger partial charge is 0.248 e. The van der Waals surface area contributed by atoms with Crippen LogP contribution in [0.4, 0.5) is 11.5 Å². The molecule has 11 heteroatoms. The lowest BCUT2D eigenvalue weighted by molar-refractivity contribution is 0.1000. The van der Waals surface area contributed by atoms with Gasteiger partial charge in [0.2, 0.25) is 5.91 Å². The third kappa shape index (κ3) is 5.09. The fourth-order valence-electron chi connectivity index (χ4n) is 3.46. The molecule has 4 rings (SSSR count). The first-order chi connectivity index (χ1) is 16.3. The van der Waals surface area contributed by atoms with E-state index in [2.05, 4.69) is 39.4 Å². The van der Waals surface area contributed by atoms with Gasteiger partial charge in [-0.05, 0) is 24.3 Å². The quantitative estimate of drug-likeness (QED) is 0.384. The summed E-state index contributed by atoms with van der Waals surface area (Å²) in [6.07, 6.45) is 3.50. The van der Waals surface area contributed by atoms with Crippen LogP contribution in [-0.2, 0) is 7.05 Å². The van der Waals surface area contributed by atoms with Crippen molar-refractivity contribution in [1.82, 2.24) is 35.3 Å². The highest BCUT2D eigenvalue weighted by molar-refractivity contribution is 5.94. The molecule has 1 amide bonds. The van der Waals surface area contributed by atoms with Gasteiger partial charge in [-0.25, -0.2) is 9.97 Å². The van der Waals surface area contributed by atoms with Gasteiger partial charge in [0.1, 0.15) is 17.1 Å². The Kier molecular flexibility index (Phi) is 6.64. The Labute approximate surface area is 197 Å². The number of anilines is 2. The van der Waals surface area contributed by atoms with Crippen molar-refractivity contribution in [1.29, 1.82) is 0 Å². The minimum atomic E-state index is -0.537. The fraction of sp³-hybridized carbons (Fsp3) is 0.304. The minimum Gasteiger partial charge on any atom is -0.497 e. The van der Waals surface area contributed by atoms with E-state index in [-0.39, 0.29) is 0 Å². The molecule has 0 atom stereocenters. The van der Waals surface area contributed by atoms with Crippen LogP contribution in [0.3, 0.4) is 0 Å². The van der Waals surface area contributed by atoms with Gasteiger partial charge < -0.3 is 20.7 Å². The number of aromatic nitrogens is 6. The van der Waals surface area contributed by atoms with Crippen LogP contribution in [0.1, 0.15) is 24.2 Å². The molecular weight excluding hydrogens is 434 g/mol. The summed E-state index contributed by atoms with van der Waals surface area (Å²) in [6, 6.07) is 9.17. The molecule has 0 saturated carbocycles. The number of nitrogens with zero attached hydrogens (tertiary/aromatic N) is 7. The molecule has 4 aromatic rings. The lowest BCUT2D eigenvalue weighted by atomic mass is 10.1. The third-order valence-corrected chi connectivity index (χ3v) is 5.15. The number of carbonyl (C=O) groups excluding carboxylic acids is 1. The third-order valence-electron chi connectivity index (χ3n) is 5.15. The number of hydrogen-bond acceptors (Lipinski definition) is 9. The van der Waals surface area contributed by atoms with Gasteiger partial charge in [-0.1, -0.05) is 13.8 Å². The number of methoxy groups -OCH3 is 1. The zero-order valence-corrected chi connectivity index (χ0v) is 19.6. The number of fused-ring (bicyclic) bond motifs is 1. The molecule has 3 heterocycles. The largest absolute Gasteiger partial charge is 0.497 e. The summed E-state index contributed by atoms with van der Waals surface area (Å²) in [7, 11) is 3.37. The van der Waals surface area contributed by atoms with Crippen molar-refractivity contribution in [2.45, 2.75) is 19.9 Å². The summed E-state index contributed by atoms with van der Waals surface area (Å²) in [5.74, 6) is 1.07. The van der Waals surface area contributed by atoms with Crippen molar-refractivity contribution in [2.24, 2.45) is 12.8 Å². The zero-order chi connectivity index (χ0) is 24.2. The Hall–Kier alpha value is -4.12. The number of hydrogen-bond donors (Lipinski definition) is 2. The van der Waals surface area contributed by atoms with E-state index in [1.54, 1.807) is 30.1 Å². The summed E-state index contributed by atoms with van der Waals surface area (Å²) >= 11 is 0. The molecule has 0 radical (unpaired) electrons. The highest BCUT2D eigenvalue weighted by Gasteiger charge is 2.17. The van der Waals surface area contributed by atoms with Crippen molar-refractivity contribution in [3.8, 4) is 17.1 Å². The first kappa shape index (κ1) is 23.1. The van der Waals surface area contributed by atoms with Gasteiger partial charge in [0, 0.05) is 49.7 Å². The highest BCUT2D eigenvalue weighted by atomic mass is 16.5. The SMILES string of the molecule is COc1cc(C(N)=O)cc(N(CCNC(C)C)c2ccc3nnc(-c4cnn(C)c4)nc3n2)c1. The fourth-order valence-corrected chi connectivity index (χ4v) is 3.46. The molecule has 0 bridgehead atoms. The van der Waals surface area contributed by atoms with Gasteiger partial charge in [0.25, 0.3) is 0 Å². The molecule has 0 aliphatic rings. The number of carbonyl (C=O) groups is 1. The van der Waals surface area contributed by atoms with Crippen LogP contribution < -0.4 is 20.7 Å². The van der Waals surface area contributed by atoms with Crippen LogP contribution in [0.2, 0.25) is 0 Å².